The van der Waals surface area contributed by atoms with Gasteiger partial charge in [-0.2, -0.15) is 5.10 Å². The van der Waals surface area contributed by atoms with Crippen molar-refractivity contribution in [3.63, 3.8) is 0 Å². The van der Waals surface area contributed by atoms with Gasteiger partial charge in [-0.15, -0.1) is 0 Å². The highest BCUT2D eigenvalue weighted by molar-refractivity contribution is 9.09. The maximum atomic E-state index is 11.6. The molecule has 1 saturated carbocycles. The zero-order valence-electron chi connectivity index (χ0n) is 8.42. The number of nitrogens with zero attached hydrogens (tertiary/aromatic N) is 1. The lowest BCUT2D eigenvalue weighted by Gasteiger charge is -2.13. The molecule has 0 aromatic carbocycles. The van der Waals surface area contributed by atoms with Crippen molar-refractivity contribution >= 4 is 21.8 Å². The van der Waals surface area contributed by atoms with Gasteiger partial charge >= 0.3 is 0 Å². The van der Waals surface area contributed by atoms with Gasteiger partial charge in [0, 0.05) is 18.1 Å². The molecule has 4 nitrogen and oxygen atoms in total. The number of amides is 1. The van der Waals surface area contributed by atoms with Crippen molar-refractivity contribution in [3.8, 4) is 0 Å². The number of H-pyrrole nitrogens is 1. The van der Waals surface area contributed by atoms with Crippen LogP contribution in [0.1, 0.15) is 29.8 Å². The lowest BCUT2D eigenvalue weighted by molar-refractivity contribution is 0.0939. The molecule has 1 aromatic heterocycles. The first-order valence-corrected chi connectivity index (χ1v) is 6.21. The number of hydrogen-bond acceptors (Lipinski definition) is 2. The van der Waals surface area contributed by atoms with Gasteiger partial charge in [0.05, 0.1) is 0 Å². The number of rotatable bonds is 5. The predicted octanol–water partition coefficient (Wildman–Crippen LogP) is 1.70. The van der Waals surface area contributed by atoms with Crippen LogP contribution >= 0.6 is 15.9 Å². The second kappa shape index (κ2) is 4.35. The summed E-state index contributed by atoms with van der Waals surface area (Å²) in [7, 11) is 0. The molecule has 1 aliphatic carbocycles. The van der Waals surface area contributed by atoms with Crippen LogP contribution in [-0.2, 0) is 0 Å². The number of aromatic nitrogens is 2. The van der Waals surface area contributed by atoms with Crippen molar-refractivity contribution in [3.05, 3.63) is 18.0 Å². The molecule has 1 fully saturated rings. The van der Waals surface area contributed by atoms with E-state index in [4.69, 9.17) is 0 Å². The number of alkyl halides is 1. The second-order valence-corrected chi connectivity index (χ2v) is 4.88. The number of nitrogens with one attached hydrogen (secondary N) is 2. The van der Waals surface area contributed by atoms with E-state index in [9.17, 15) is 4.79 Å². The summed E-state index contributed by atoms with van der Waals surface area (Å²) in [5.41, 5.74) is 0.892. The van der Waals surface area contributed by atoms with Crippen LogP contribution in [0.3, 0.4) is 0 Å². The van der Waals surface area contributed by atoms with Crippen molar-refractivity contribution in [2.75, 3.05) is 11.9 Å². The highest BCUT2D eigenvalue weighted by Gasteiger charge is 2.41. The van der Waals surface area contributed by atoms with E-state index in [-0.39, 0.29) is 5.91 Å². The number of carbonyl (C=O) groups excluding carboxylic acids is 1. The summed E-state index contributed by atoms with van der Waals surface area (Å²) in [6, 6.07) is 1.68. The Morgan fingerprint density at radius 3 is 3.00 bits per heavy atom. The molecule has 2 N–H and O–H groups in total. The Hall–Kier alpha value is -0.840. The van der Waals surface area contributed by atoms with Gasteiger partial charge in [0.2, 0.25) is 0 Å². The molecule has 15 heavy (non-hydrogen) atoms. The molecule has 1 aromatic rings. The highest BCUT2D eigenvalue weighted by Crippen LogP contribution is 2.48. The normalized spacial score (nSPS) is 17.4. The maximum Gasteiger partial charge on any atom is 0.269 e. The minimum absolute atomic E-state index is 0.0617. The summed E-state index contributed by atoms with van der Waals surface area (Å²) < 4.78 is 0. The van der Waals surface area contributed by atoms with Crippen LogP contribution in [-0.4, -0.2) is 28.0 Å². The molecule has 0 bridgehead atoms. The molecule has 0 aliphatic heterocycles. The Bertz CT molecular complexity index is 332. The zero-order chi connectivity index (χ0) is 10.7. The average Bonchev–Trinajstić information content (AvgIpc) is 2.81. The molecule has 1 aliphatic rings. The van der Waals surface area contributed by atoms with Crippen LogP contribution in [0, 0.1) is 5.41 Å². The second-order valence-electron chi connectivity index (χ2n) is 4.09. The van der Waals surface area contributed by atoms with Crippen molar-refractivity contribution in [2.24, 2.45) is 5.41 Å². The molecule has 0 atom stereocenters. The van der Waals surface area contributed by atoms with Gasteiger partial charge in [-0.1, -0.05) is 15.9 Å². The fraction of sp³-hybridized carbons (Fsp3) is 0.600. The molecule has 1 heterocycles. The van der Waals surface area contributed by atoms with E-state index in [0.717, 1.165) is 18.3 Å². The van der Waals surface area contributed by atoms with Crippen molar-refractivity contribution < 1.29 is 4.79 Å². The lowest BCUT2D eigenvalue weighted by Crippen LogP contribution is -2.30. The highest BCUT2D eigenvalue weighted by atomic mass is 79.9. The third-order valence-electron chi connectivity index (χ3n) is 2.95. The summed E-state index contributed by atoms with van der Waals surface area (Å²) >= 11 is 3.44. The van der Waals surface area contributed by atoms with Crippen LogP contribution in [0.4, 0.5) is 0 Å². The third kappa shape index (κ3) is 2.59. The first-order chi connectivity index (χ1) is 7.26. The summed E-state index contributed by atoms with van der Waals surface area (Å²) in [5, 5.41) is 10.3. The van der Waals surface area contributed by atoms with Crippen molar-refractivity contribution in [1.82, 2.24) is 15.5 Å². The Morgan fingerprint density at radius 1 is 1.67 bits per heavy atom. The van der Waals surface area contributed by atoms with E-state index in [1.165, 1.54) is 12.8 Å². The Balaban J connectivity index is 1.81. The topological polar surface area (TPSA) is 57.8 Å². The molecule has 2 rings (SSSR count). The average molecular weight is 272 g/mol. The van der Waals surface area contributed by atoms with Crippen molar-refractivity contribution in [1.29, 1.82) is 0 Å². The van der Waals surface area contributed by atoms with E-state index in [0.29, 0.717) is 11.1 Å². The first-order valence-electron chi connectivity index (χ1n) is 5.09. The molecule has 82 valence electrons. The molecule has 0 unspecified atom stereocenters. The van der Waals surface area contributed by atoms with Crippen LogP contribution in [0.15, 0.2) is 12.3 Å². The Kier molecular flexibility index (Phi) is 3.09. The minimum atomic E-state index is -0.0617. The molecule has 0 radical (unpaired) electrons. The number of hydrogen-bond donors (Lipinski definition) is 2. The third-order valence-corrected chi connectivity index (χ3v) is 3.35. The monoisotopic (exact) mass is 271 g/mol. The first kappa shape index (κ1) is 10.7. The Morgan fingerprint density at radius 2 is 2.47 bits per heavy atom. The number of aromatic amines is 1. The van der Waals surface area contributed by atoms with Gasteiger partial charge in [-0.3, -0.25) is 9.89 Å². The fourth-order valence-electron chi connectivity index (χ4n) is 1.64. The van der Waals surface area contributed by atoms with E-state index < -0.39 is 0 Å². The van der Waals surface area contributed by atoms with Gasteiger partial charge in [0.1, 0.15) is 5.69 Å². The molecular weight excluding hydrogens is 258 g/mol. The van der Waals surface area contributed by atoms with Crippen molar-refractivity contribution in [2.45, 2.75) is 19.3 Å². The molecular formula is C10H14BrN3O. The molecule has 0 saturated heterocycles. The quantitative estimate of drug-likeness (QED) is 0.801. The SMILES string of the molecule is O=C(NCC1(CCBr)CC1)c1ccn[nH]1. The molecule has 1 amide bonds. The summed E-state index contributed by atoms with van der Waals surface area (Å²) in [4.78, 5) is 11.6. The smallest absolute Gasteiger partial charge is 0.269 e. The zero-order valence-corrected chi connectivity index (χ0v) is 10.0. The number of carbonyl (C=O) groups is 1. The number of halogens is 1. The molecule has 5 heteroatoms. The van der Waals surface area contributed by atoms with Gasteiger partial charge in [-0.25, -0.2) is 0 Å². The van der Waals surface area contributed by atoms with Crippen LogP contribution < -0.4 is 5.32 Å². The van der Waals surface area contributed by atoms with Crippen LogP contribution in [0.2, 0.25) is 0 Å². The molecule has 0 spiro atoms. The lowest BCUT2D eigenvalue weighted by atomic mass is 10.0. The summed E-state index contributed by atoms with van der Waals surface area (Å²) in [5.74, 6) is -0.0617. The van der Waals surface area contributed by atoms with E-state index >= 15 is 0 Å². The Labute approximate surface area is 97.0 Å². The summed E-state index contributed by atoms with van der Waals surface area (Å²) in [6.07, 6.45) is 5.17. The standard InChI is InChI=1S/C10H14BrN3O/c11-5-4-10(2-3-10)7-12-9(15)8-1-6-13-14-8/h1,6H,2-5,7H2,(H,12,15)(H,13,14). The summed E-state index contributed by atoms with van der Waals surface area (Å²) in [6.45, 7) is 0.774. The maximum absolute atomic E-state index is 11.6. The van der Waals surface area contributed by atoms with E-state index in [1.807, 2.05) is 0 Å². The minimum Gasteiger partial charge on any atom is -0.350 e. The van der Waals surface area contributed by atoms with Gasteiger partial charge in [-0.05, 0) is 30.7 Å². The van der Waals surface area contributed by atoms with Crippen LogP contribution in [0.5, 0.6) is 0 Å². The van der Waals surface area contributed by atoms with Gasteiger partial charge in [0.15, 0.2) is 0 Å². The van der Waals surface area contributed by atoms with E-state index in [1.54, 1.807) is 12.3 Å². The van der Waals surface area contributed by atoms with Crippen LogP contribution in [0.25, 0.3) is 0 Å². The predicted molar refractivity (Wildman–Crippen MR) is 61.0 cm³/mol. The van der Waals surface area contributed by atoms with Gasteiger partial charge in [0.25, 0.3) is 5.91 Å². The van der Waals surface area contributed by atoms with Gasteiger partial charge < -0.3 is 5.32 Å². The fourth-order valence-corrected chi connectivity index (χ4v) is 2.48. The van der Waals surface area contributed by atoms with E-state index in [2.05, 4.69) is 31.4 Å². The largest absolute Gasteiger partial charge is 0.350 e.